The van der Waals surface area contributed by atoms with Gasteiger partial charge in [-0.1, -0.05) is 32.0 Å². The van der Waals surface area contributed by atoms with Gasteiger partial charge in [0, 0.05) is 36.6 Å². The number of aromatic nitrogens is 1. The number of hydrogen-bond acceptors (Lipinski definition) is 3. The molecule has 0 aliphatic carbocycles. The summed E-state index contributed by atoms with van der Waals surface area (Å²) in [6.45, 7) is 7.99. The van der Waals surface area contributed by atoms with Gasteiger partial charge in [-0.3, -0.25) is 14.6 Å². The third-order valence-corrected chi connectivity index (χ3v) is 5.06. The molecule has 2 aromatic rings. The monoisotopic (exact) mass is 353 g/mol. The highest BCUT2D eigenvalue weighted by Crippen LogP contribution is 2.26. The van der Waals surface area contributed by atoms with E-state index in [1.165, 1.54) is 0 Å². The molecule has 5 heteroatoms. The summed E-state index contributed by atoms with van der Waals surface area (Å²) >= 11 is 0. The minimum atomic E-state index is 0.0133. The van der Waals surface area contributed by atoms with Gasteiger partial charge in [-0.15, -0.1) is 0 Å². The van der Waals surface area contributed by atoms with Gasteiger partial charge in [0.15, 0.2) is 0 Å². The number of carbonyl (C=O) groups excluding carboxylic acids is 2. The maximum atomic E-state index is 13.2. The fraction of sp³-hybridized carbons (Fsp3) is 0.476. The summed E-state index contributed by atoms with van der Waals surface area (Å²) < 4.78 is 0. The summed E-state index contributed by atoms with van der Waals surface area (Å²) in [4.78, 5) is 31.8. The summed E-state index contributed by atoms with van der Waals surface area (Å²) in [5, 5.41) is 3.78. The van der Waals surface area contributed by atoms with Gasteiger partial charge in [0.05, 0.1) is 11.1 Å². The Balaban J connectivity index is 1.83. The SMILES string of the molecule is CCNC(=O)C1CCN(C(=O)c2cc(C(C)C)nc3ccccc23)CC1. The molecular weight excluding hydrogens is 326 g/mol. The van der Waals surface area contributed by atoms with Crippen LogP contribution in [0.2, 0.25) is 0 Å². The van der Waals surface area contributed by atoms with E-state index in [0.717, 1.165) is 35.0 Å². The Hall–Kier alpha value is -2.43. The first-order valence-corrected chi connectivity index (χ1v) is 9.48. The van der Waals surface area contributed by atoms with Crippen LogP contribution in [-0.4, -0.2) is 41.3 Å². The smallest absolute Gasteiger partial charge is 0.254 e. The van der Waals surface area contributed by atoms with Crippen LogP contribution in [0.4, 0.5) is 0 Å². The third kappa shape index (κ3) is 3.71. The molecule has 1 aliphatic rings. The molecule has 0 unspecified atom stereocenters. The molecule has 1 aromatic carbocycles. The van der Waals surface area contributed by atoms with Crippen molar-refractivity contribution in [2.45, 2.75) is 39.5 Å². The van der Waals surface area contributed by atoms with Crippen molar-refractivity contribution in [3.05, 3.63) is 41.6 Å². The molecule has 138 valence electrons. The number of benzene rings is 1. The number of hydrogen-bond donors (Lipinski definition) is 1. The predicted molar refractivity (Wildman–Crippen MR) is 103 cm³/mol. The second kappa shape index (κ2) is 7.85. The van der Waals surface area contributed by atoms with Crippen LogP contribution in [0, 0.1) is 5.92 Å². The largest absolute Gasteiger partial charge is 0.356 e. The lowest BCUT2D eigenvalue weighted by molar-refractivity contribution is -0.126. The highest BCUT2D eigenvalue weighted by molar-refractivity contribution is 6.06. The molecule has 3 rings (SSSR count). The van der Waals surface area contributed by atoms with Crippen molar-refractivity contribution >= 4 is 22.7 Å². The number of amides is 2. The highest BCUT2D eigenvalue weighted by Gasteiger charge is 2.28. The van der Waals surface area contributed by atoms with Gasteiger partial charge in [-0.2, -0.15) is 0 Å². The van der Waals surface area contributed by atoms with Crippen molar-refractivity contribution in [2.75, 3.05) is 19.6 Å². The number of nitrogens with one attached hydrogen (secondary N) is 1. The molecule has 0 spiro atoms. The molecule has 0 saturated carbocycles. The molecule has 26 heavy (non-hydrogen) atoms. The zero-order chi connectivity index (χ0) is 18.7. The predicted octanol–water partition coefficient (Wildman–Crippen LogP) is 3.35. The Morgan fingerprint density at radius 2 is 1.92 bits per heavy atom. The summed E-state index contributed by atoms with van der Waals surface area (Å²) in [5.74, 6) is 0.421. The standard InChI is InChI=1S/C21H27N3O2/c1-4-22-20(25)15-9-11-24(12-10-15)21(26)17-13-19(14(2)3)23-18-8-6-5-7-16(17)18/h5-8,13-15H,4,9-12H2,1-3H3,(H,22,25). The van der Waals surface area contributed by atoms with Crippen molar-refractivity contribution < 1.29 is 9.59 Å². The Morgan fingerprint density at radius 1 is 1.23 bits per heavy atom. The number of pyridine rings is 1. The number of piperidine rings is 1. The number of carbonyl (C=O) groups is 2. The molecule has 1 aliphatic heterocycles. The zero-order valence-corrected chi connectivity index (χ0v) is 15.8. The first-order valence-electron chi connectivity index (χ1n) is 9.48. The normalized spacial score (nSPS) is 15.5. The third-order valence-electron chi connectivity index (χ3n) is 5.06. The fourth-order valence-corrected chi connectivity index (χ4v) is 3.50. The van der Waals surface area contributed by atoms with Crippen LogP contribution >= 0.6 is 0 Å². The average molecular weight is 353 g/mol. The average Bonchev–Trinajstić information content (AvgIpc) is 2.66. The highest BCUT2D eigenvalue weighted by atomic mass is 16.2. The van der Waals surface area contributed by atoms with Gasteiger partial charge >= 0.3 is 0 Å². The molecule has 2 heterocycles. The van der Waals surface area contributed by atoms with E-state index >= 15 is 0 Å². The van der Waals surface area contributed by atoms with E-state index in [0.29, 0.717) is 19.6 Å². The van der Waals surface area contributed by atoms with E-state index in [-0.39, 0.29) is 23.7 Å². The van der Waals surface area contributed by atoms with Gasteiger partial charge < -0.3 is 10.2 Å². The lowest BCUT2D eigenvalue weighted by Gasteiger charge is -2.31. The van der Waals surface area contributed by atoms with Gasteiger partial charge in [0.1, 0.15) is 0 Å². The molecule has 1 aromatic heterocycles. The van der Waals surface area contributed by atoms with Crippen LogP contribution in [-0.2, 0) is 4.79 Å². The minimum Gasteiger partial charge on any atom is -0.356 e. The number of para-hydroxylation sites is 1. The van der Waals surface area contributed by atoms with Gasteiger partial charge in [-0.05, 0) is 37.8 Å². The first-order chi connectivity index (χ1) is 12.5. The fourth-order valence-electron chi connectivity index (χ4n) is 3.50. The van der Waals surface area contributed by atoms with Crippen molar-refractivity contribution in [3.63, 3.8) is 0 Å². The number of likely N-dealkylation sites (tertiary alicyclic amines) is 1. The molecule has 1 saturated heterocycles. The number of rotatable bonds is 4. The summed E-state index contributed by atoms with van der Waals surface area (Å²) in [6.07, 6.45) is 1.44. The quantitative estimate of drug-likeness (QED) is 0.917. The summed E-state index contributed by atoms with van der Waals surface area (Å²) in [5.41, 5.74) is 2.51. The van der Waals surface area contributed by atoms with E-state index in [9.17, 15) is 9.59 Å². The van der Waals surface area contributed by atoms with Crippen molar-refractivity contribution in [2.24, 2.45) is 5.92 Å². The number of fused-ring (bicyclic) bond motifs is 1. The van der Waals surface area contributed by atoms with Crippen LogP contribution in [0.25, 0.3) is 10.9 Å². The summed E-state index contributed by atoms with van der Waals surface area (Å²) in [6, 6.07) is 9.74. The van der Waals surface area contributed by atoms with Crippen molar-refractivity contribution in [3.8, 4) is 0 Å². The van der Waals surface area contributed by atoms with Gasteiger partial charge in [-0.25, -0.2) is 0 Å². The van der Waals surface area contributed by atoms with E-state index < -0.39 is 0 Å². The summed E-state index contributed by atoms with van der Waals surface area (Å²) in [7, 11) is 0. The van der Waals surface area contributed by atoms with Crippen LogP contribution in [0.3, 0.4) is 0 Å². The topological polar surface area (TPSA) is 62.3 Å². The van der Waals surface area contributed by atoms with Crippen LogP contribution in [0.1, 0.15) is 55.6 Å². The van der Waals surface area contributed by atoms with Crippen molar-refractivity contribution in [1.82, 2.24) is 15.2 Å². The van der Waals surface area contributed by atoms with Gasteiger partial charge in [0.2, 0.25) is 5.91 Å². The molecule has 2 amide bonds. The molecule has 0 atom stereocenters. The van der Waals surface area contributed by atoms with Crippen molar-refractivity contribution in [1.29, 1.82) is 0 Å². The Bertz CT molecular complexity index is 808. The molecule has 5 nitrogen and oxygen atoms in total. The van der Waals surface area contributed by atoms with Gasteiger partial charge in [0.25, 0.3) is 5.91 Å². The van der Waals surface area contributed by atoms with Crippen LogP contribution in [0.15, 0.2) is 30.3 Å². The van der Waals surface area contributed by atoms with E-state index in [4.69, 9.17) is 4.98 Å². The molecule has 0 radical (unpaired) electrons. The molecule has 1 fully saturated rings. The van der Waals surface area contributed by atoms with E-state index in [1.54, 1.807) is 0 Å². The zero-order valence-electron chi connectivity index (χ0n) is 15.8. The van der Waals surface area contributed by atoms with Crippen LogP contribution in [0.5, 0.6) is 0 Å². The molecular formula is C21H27N3O2. The second-order valence-electron chi connectivity index (χ2n) is 7.23. The Kier molecular flexibility index (Phi) is 5.55. The molecule has 0 bridgehead atoms. The first kappa shape index (κ1) is 18.4. The molecule has 1 N–H and O–H groups in total. The number of nitrogens with zero attached hydrogens (tertiary/aromatic N) is 2. The maximum Gasteiger partial charge on any atom is 0.254 e. The maximum absolute atomic E-state index is 13.2. The second-order valence-corrected chi connectivity index (χ2v) is 7.23. The van der Waals surface area contributed by atoms with E-state index in [1.807, 2.05) is 42.2 Å². The lowest BCUT2D eigenvalue weighted by atomic mass is 9.94. The minimum absolute atomic E-state index is 0.0133. The Labute approximate surface area is 154 Å². The van der Waals surface area contributed by atoms with E-state index in [2.05, 4.69) is 19.2 Å². The van der Waals surface area contributed by atoms with Crippen LogP contribution < -0.4 is 5.32 Å². The Morgan fingerprint density at radius 3 is 2.58 bits per heavy atom. The lowest BCUT2D eigenvalue weighted by Crippen LogP contribution is -2.43.